The maximum atomic E-state index is 11.8. The van der Waals surface area contributed by atoms with E-state index in [0.717, 1.165) is 12.8 Å². The minimum absolute atomic E-state index is 0.181. The summed E-state index contributed by atoms with van der Waals surface area (Å²) >= 11 is 0. The Kier molecular flexibility index (Phi) is 2.52. The lowest BCUT2D eigenvalue weighted by atomic mass is 9.96. The highest BCUT2D eigenvalue weighted by molar-refractivity contribution is 5.91. The second-order valence-electron chi connectivity index (χ2n) is 4.33. The zero-order chi connectivity index (χ0) is 10.9. The number of nitrogens with two attached hydrogens (primary N) is 1. The molecular weight excluding hydrogens is 192 g/mol. The highest BCUT2D eigenvalue weighted by atomic mass is 16.3. The molecule has 0 bridgehead atoms. The highest BCUT2D eigenvalue weighted by Gasteiger charge is 2.41. The fraction of sp³-hybridized carbons (Fsp3) is 0.545. The molecule has 1 atom stereocenters. The summed E-state index contributed by atoms with van der Waals surface area (Å²) in [6.45, 7) is 2.45. The molecule has 1 unspecified atom stereocenters. The molecule has 1 aliphatic carbocycles. The number of hydrogen-bond donors (Lipinski definition) is 2. The van der Waals surface area contributed by atoms with Crippen molar-refractivity contribution in [3.63, 3.8) is 0 Å². The van der Waals surface area contributed by atoms with Gasteiger partial charge in [-0.05, 0) is 37.8 Å². The van der Waals surface area contributed by atoms with Crippen LogP contribution in [0.4, 0.5) is 0 Å². The molecule has 82 valence electrons. The van der Waals surface area contributed by atoms with Gasteiger partial charge in [0.05, 0.1) is 11.8 Å². The Hall–Kier alpha value is -1.29. The third-order valence-electron chi connectivity index (χ3n) is 3.05. The van der Waals surface area contributed by atoms with E-state index in [1.165, 1.54) is 6.26 Å². The van der Waals surface area contributed by atoms with Crippen LogP contribution in [0.1, 0.15) is 30.3 Å². The minimum atomic E-state index is -0.288. The molecule has 1 fully saturated rings. The van der Waals surface area contributed by atoms with E-state index >= 15 is 0 Å². The van der Waals surface area contributed by atoms with E-state index in [1.807, 2.05) is 6.92 Å². The molecule has 2 rings (SSSR count). The molecular formula is C11H16N2O2. The first-order chi connectivity index (χ1) is 7.15. The first-order valence-corrected chi connectivity index (χ1v) is 5.22. The Balaban J connectivity index is 2.04. The van der Waals surface area contributed by atoms with E-state index in [4.69, 9.17) is 10.2 Å². The molecule has 1 aromatic rings. The number of carbonyl (C=O) groups is 1. The van der Waals surface area contributed by atoms with Crippen LogP contribution in [0, 0.1) is 5.92 Å². The van der Waals surface area contributed by atoms with Crippen molar-refractivity contribution in [2.45, 2.75) is 25.3 Å². The Morgan fingerprint density at radius 3 is 2.93 bits per heavy atom. The van der Waals surface area contributed by atoms with Gasteiger partial charge in [-0.2, -0.15) is 0 Å². The SMILES string of the molecule is CC(CN)(NC(=O)c1ccco1)C1CC1. The highest BCUT2D eigenvalue weighted by Crippen LogP contribution is 2.39. The van der Waals surface area contributed by atoms with Crippen molar-refractivity contribution in [2.24, 2.45) is 11.7 Å². The van der Waals surface area contributed by atoms with Crippen molar-refractivity contribution in [1.82, 2.24) is 5.32 Å². The van der Waals surface area contributed by atoms with Gasteiger partial charge in [-0.3, -0.25) is 4.79 Å². The predicted octanol–water partition coefficient (Wildman–Crippen LogP) is 1.14. The molecule has 0 radical (unpaired) electrons. The average molecular weight is 208 g/mol. The number of hydrogen-bond acceptors (Lipinski definition) is 3. The van der Waals surface area contributed by atoms with Crippen molar-refractivity contribution in [3.8, 4) is 0 Å². The van der Waals surface area contributed by atoms with E-state index in [0.29, 0.717) is 18.2 Å². The summed E-state index contributed by atoms with van der Waals surface area (Å²) in [5.74, 6) is 0.677. The predicted molar refractivity (Wildman–Crippen MR) is 56.4 cm³/mol. The summed E-state index contributed by atoms with van der Waals surface area (Å²) in [7, 11) is 0. The van der Waals surface area contributed by atoms with Crippen molar-refractivity contribution >= 4 is 5.91 Å². The molecule has 1 aliphatic rings. The fourth-order valence-electron chi connectivity index (χ4n) is 1.77. The van der Waals surface area contributed by atoms with Gasteiger partial charge in [0.2, 0.25) is 0 Å². The standard InChI is InChI=1S/C11H16N2O2/c1-11(7-12,8-4-5-8)13-10(14)9-3-2-6-15-9/h2-3,6,8H,4-5,7,12H2,1H3,(H,13,14). The second-order valence-corrected chi connectivity index (χ2v) is 4.33. The Bertz CT molecular complexity index is 343. The summed E-state index contributed by atoms with van der Waals surface area (Å²) in [5, 5.41) is 2.95. The summed E-state index contributed by atoms with van der Waals surface area (Å²) in [4.78, 5) is 11.8. The molecule has 1 amide bonds. The molecule has 1 aromatic heterocycles. The summed E-state index contributed by atoms with van der Waals surface area (Å²) in [6.07, 6.45) is 3.78. The third kappa shape index (κ3) is 2.04. The van der Waals surface area contributed by atoms with Gasteiger partial charge in [0.25, 0.3) is 5.91 Å². The number of furan rings is 1. The Morgan fingerprint density at radius 1 is 1.73 bits per heavy atom. The smallest absolute Gasteiger partial charge is 0.287 e. The van der Waals surface area contributed by atoms with Crippen LogP contribution in [-0.4, -0.2) is 18.0 Å². The zero-order valence-electron chi connectivity index (χ0n) is 8.82. The van der Waals surface area contributed by atoms with Crippen LogP contribution in [0.5, 0.6) is 0 Å². The van der Waals surface area contributed by atoms with Crippen molar-refractivity contribution in [2.75, 3.05) is 6.54 Å². The third-order valence-corrected chi connectivity index (χ3v) is 3.05. The monoisotopic (exact) mass is 208 g/mol. The van der Waals surface area contributed by atoms with E-state index < -0.39 is 0 Å². The summed E-state index contributed by atoms with van der Waals surface area (Å²) in [6, 6.07) is 3.35. The molecule has 0 saturated heterocycles. The van der Waals surface area contributed by atoms with Gasteiger partial charge < -0.3 is 15.5 Å². The quantitative estimate of drug-likeness (QED) is 0.779. The van der Waals surface area contributed by atoms with E-state index in [2.05, 4.69) is 5.32 Å². The summed E-state index contributed by atoms with van der Waals surface area (Å²) < 4.78 is 5.03. The lowest BCUT2D eigenvalue weighted by molar-refractivity contribution is 0.0869. The van der Waals surface area contributed by atoms with E-state index in [9.17, 15) is 4.79 Å². The Morgan fingerprint density at radius 2 is 2.47 bits per heavy atom. The lowest BCUT2D eigenvalue weighted by Crippen LogP contribution is -2.53. The first kappa shape index (κ1) is 10.2. The first-order valence-electron chi connectivity index (χ1n) is 5.22. The van der Waals surface area contributed by atoms with Crippen LogP contribution in [0.3, 0.4) is 0 Å². The average Bonchev–Trinajstić information content (AvgIpc) is 2.94. The molecule has 1 saturated carbocycles. The molecule has 0 spiro atoms. The molecule has 0 aliphatic heterocycles. The van der Waals surface area contributed by atoms with Crippen LogP contribution in [0.25, 0.3) is 0 Å². The normalized spacial score (nSPS) is 19.6. The van der Waals surface area contributed by atoms with Crippen LogP contribution >= 0.6 is 0 Å². The van der Waals surface area contributed by atoms with Crippen LogP contribution in [0.2, 0.25) is 0 Å². The van der Waals surface area contributed by atoms with Gasteiger partial charge in [0.15, 0.2) is 5.76 Å². The molecule has 0 aromatic carbocycles. The Labute approximate surface area is 88.8 Å². The van der Waals surface area contributed by atoms with E-state index in [1.54, 1.807) is 12.1 Å². The van der Waals surface area contributed by atoms with E-state index in [-0.39, 0.29) is 11.4 Å². The molecule has 4 heteroatoms. The van der Waals surface area contributed by atoms with Gasteiger partial charge in [-0.1, -0.05) is 0 Å². The fourth-order valence-corrected chi connectivity index (χ4v) is 1.77. The number of amides is 1. The van der Waals surface area contributed by atoms with Gasteiger partial charge in [-0.15, -0.1) is 0 Å². The topological polar surface area (TPSA) is 68.3 Å². The van der Waals surface area contributed by atoms with Crippen molar-refractivity contribution < 1.29 is 9.21 Å². The van der Waals surface area contributed by atoms with Crippen molar-refractivity contribution in [3.05, 3.63) is 24.2 Å². The largest absolute Gasteiger partial charge is 0.459 e. The maximum Gasteiger partial charge on any atom is 0.287 e. The minimum Gasteiger partial charge on any atom is -0.459 e. The number of carbonyl (C=O) groups excluding carboxylic acids is 1. The molecule has 4 nitrogen and oxygen atoms in total. The molecule has 15 heavy (non-hydrogen) atoms. The lowest BCUT2D eigenvalue weighted by Gasteiger charge is -2.28. The van der Waals surface area contributed by atoms with Gasteiger partial charge in [0, 0.05) is 6.54 Å². The van der Waals surface area contributed by atoms with Crippen LogP contribution in [-0.2, 0) is 0 Å². The van der Waals surface area contributed by atoms with Crippen LogP contribution in [0.15, 0.2) is 22.8 Å². The van der Waals surface area contributed by atoms with Gasteiger partial charge in [0.1, 0.15) is 0 Å². The molecule has 1 heterocycles. The zero-order valence-corrected chi connectivity index (χ0v) is 8.82. The van der Waals surface area contributed by atoms with Gasteiger partial charge >= 0.3 is 0 Å². The molecule has 3 N–H and O–H groups in total. The van der Waals surface area contributed by atoms with Gasteiger partial charge in [-0.25, -0.2) is 0 Å². The van der Waals surface area contributed by atoms with Crippen LogP contribution < -0.4 is 11.1 Å². The summed E-state index contributed by atoms with van der Waals surface area (Å²) in [5.41, 5.74) is 5.42. The maximum absolute atomic E-state index is 11.8. The number of nitrogens with one attached hydrogen (secondary N) is 1. The van der Waals surface area contributed by atoms with Crippen molar-refractivity contribution in [1.29, 1.82) is 0 Å². The number of rotatable bonds is 4. The second kappa shape index (κ2) is 3.70.